The van der Waals surface area contributed by atoms with Gasteiger partial charge in [0, 0.05) is 20.6 Å². The quantitative estimate of drug-likeness (QED) is 0.701. The van der Waals surface area contributed by atoms with Gasteiger partial charge >= 0.3 is 5.69 Å². The van der Waals surface area contributed by atoms with Crippen molar-refractivity contribution in [1.82, 2.24) is 9.13 Å². The molecule has 6 heteroatoms. The van der Waals surface area contributed by atoms with Crippen molar-refractivity contribution in [3.63, 3.8) is 0 Å². The van der Waals surface area contributed by atoms with Crippen LogP contribution in [0.1, 0.15) is 19.8 Å². The second kappa shape index (κ2) is 4.87. The largest absolute Gasteiger partial charge is 0.383 e. The van der Waals surface area contributed by atoms with E-state index in [1.165, 1.54) is 11.6 Å². The zero-order valence-corrected chi connectivity index (χ0v) is 9.91. The molecule has 0 radical (unpaired) electrons. The van der Waals surface area contributed by atoms with Gasteiger partial charge in [0.15, 0.2) is 0 Å². The van der Waals surface area contributed by atoms with Crippen LogP contribution in [0.3, 0.4) is 0 Å². The van der Waals surface area contributed by atoms with Gasteiger partial charge in [-0.25, -0.2) is 4.79 Å². The molecule has 90 valence electrons. The first-order chi connectivity index (χ1) is 7.50. The molecule has 0 aliphatic heterocycles. The van der Waals surface area contributed by atoms with Gasteiger partial charge in [0.2, 0.25) is 0 Å². The minimum Gasteiger partial charge on any atom is -0.383 e. The van der Waals surface area contributed by atoms with Gasteiger partial charge in [-0.05, 0) is 6.42 Å². The third-order valence-electron chi connectivity index (χ3n) is 2.54. The summed E-state index contributed by atoms with van der Waals surface area (Å²) in [5.41, 5.74) is 5.23. The van der Waals surface area contributed by atoms with Gasteiger partial charge in [0.25, 0.3) is 5.56 Å². The summed E-state index contributed by atoms with van der Waals surface area (Å²) in [4.78, 5) is 23.3. The molecule has 0 atom stereocenters. The number of nitrogens with zero attached hydrogens (tertiary/aromatic N) is 2. The van der Waals surface area contributed by atoms with E-state index in [2.05, 4.69) is 12.2 Å². The fourth-order valence-electron chi connectivity index (χ4n) is 1.42. The molecule has 0 aromatic carbocycles. The molecule has 6 nitrogen and oxygen atoms in total. The van der Waals surface area contributed by atoms with Gasteiger partial charge in [0.1, 0.15) is 11.5 Å². The molecule has 1 aromatic rings. The van der Waals surface area contributed by atoms with E-state index in [4.69, 9.17) is 5.73 Å². The van der Waals surface area contributed by atoms with Gasteiger partial charge in [-0.1, -0.05) is 13.3 Å². The summed E-state index contributed by atoms with van der Waals surface area (Å²) in [5, 5.41) is 2.97. The van der Waals surface area contributed by atoms with Crippen molar-refractivity contribution in [2.75, 3.05) is 17.6 Å². The molecular formula is C10H18N4O2. The molecule has 0 unspecified atom stereocenters. The summed E-state index contributed by atoms with van der Waals surface area (Å²) in [7, 11) is 2.98. The number of hydrogen-bond donors (Lipinski definition) is 2. The smallest absolute Gasteiger partial charge is 0.332 e. The Hall–Kier alpha value is -1.72. The van der Waals surface area contributed by atoms with Crippen LogP contribution in [0.15, 0.2) is 9.59 Å². The van der Waals surface area contributed by atoms with E-state index >= 15 is 0 Å². The molecular weight excluding hydrogens is 208 g/mol. The van der Waals surface area contributed by atoms with Crippen molar-refractivity contribution >= 4 is 11.5 Å². The normalized spacial score (nSPS) is 10.4. The molecule has 1 heterocycles. The lowest BCUT2D eigenvalue weighted by molar-refractivity contribution is 0.694. The second-order valence-corrected chi connectivity index (χ2v) is 3.75. The zero-order valence-electron chi connectivity index (χ0n) is 9.91. The van der Waals surface area contributed by atoms with Gasteiger partial charge in [-0.15, -0.1) is 0 Å². The molecule has 1 aromatic heterocycles. The van der Waals surface area contributed by atoms with Crippen LogP contribution in [0.2, 0.25) is 0 Å². The lowest BCUT2D eigenvalue weighted by Gasteiger charge is -2.12. The number of anilines is 2. The molecule has 16 heavy (non-hydrogen) atoms. The Morgan fingerprint density at radius 3 is 2.44 bits per heavy atom. The minimum absolute atomic E-state index is 0.184. The molecule has 0 saturated carbocycles. The lowest BCUT2D eigenvalue weighted by atomic mass is 10.3. The van der Waals surface area contributed by atoms with Crippen LogP contribution in [-0.4, -0.2) is 15.7 Å². The van der Waals surface area contributed by atoms with Crippen LogP contribution in [0.5, 0.6) is 0 Å². The van der Waals surface area contributed by atoms with E-state index in [0.717, 1.165) is 17.4 Å². The fourth-order valence-corrected chi connectivity index (χ4v) is 1.42. The van der Waals surface area contributed by atoms with Crippen molar-refractivity contribution in [3.05, 3.63) is 20.8 Å². The number of nitrogens with two attached hydrogens (primary N) is 1. The molecule has 0 aliphatic carbocycles. The van der Waals surface area contributed by atoms with Crippen LogP contribution in [-0.2, 0) is 14.1 Å². The number of aromatic nitrogens is 2. The van der Waals surface area contributed by atoms with Crippen molar-refractivity contribution in [1.29, 1.82) is 0 Å². The SMILES string of the molecule is CCCCNc1c(N)n(C)c(=O)n(C)c1=O. The molecule has 1 rings (SSSR count). The molecule has 0 spiro atoms. The molecule has 3 N–H and O–H groups in total. The minimum atomic E-state index is -0.413. The Labute approximate surface area is 93.7 Å². The first-order valence-corrected chi connectivity index (χ1v) is 5.30. The molecule has 0 fully saturated rings. The summed E-state index contributed by atoms with van der Waals surface area (Å²) >= 11 is 0. The maximum Gasteiger partial charge on any atom is 0.332 e. The third kappa shape index (κ3) is 2.10. The van der Waals surface area contributed by atoms with Crippen molar-refractivity contribution in [2.24, 2.45) is 14.1 Å². The first-order valence-electron chi connectivity index (χ1n) is 5.30. The highest BCUT2D eigenvalue weighted by Crippen LogP contribution is 2.08. The van der Waals surface area contributed by atoms with E-state index in [-0.39, 0.29) is 11.4 Å². The molecule has 0 bridgehead atoms. The lowest BCUT2D eigenvalue weighted by Crippen LogP contribution is -2.39. The number of hydrogen-bond acceptors (Lipinski definition) is 4. The predicted molar refractivity (Wildman–Crippen MR) is 64.7 cm³/mol. The average molecular weight is 226 g/mol. The van der Waals surface area contributed by atoms with Gasteiger partial charge in [-0.3, -0.25) is 13.9 Å². The van der Waals surface area contributed by atoms with Crippen LogP contribution in [0.25, 0.3) is 0 Å². The topological polar surface area (TPSA) is 82.0 Å². The standard InChI is InChI=1S/C10H18N4O2/c1-4-5-6-12-7-8(11)13(2)10(16)14(3)9(7)15/h12H,4-6,11H2,1-3H3. The van der Waals surface area contributed by atoms with Crippen LogP contribution >= 0.6 is 0 Å². The van der Waals surface area contributed by atoms with Crippen molar-refractivity contribution < 1.29 is 0 Å². The van der Waals surface area contributed by atoms with Crippen molar-refractivity contribution in [2.45, 2.75) is 19.8 Å². The van der Waals surface area contributed by atoms with E-state index in [1.54, 1.807) is 7.05 Å². The predicted octanol–water partition coefficient (Wildman–Crippen LogP) is -0.122. The van der Waals surface area contributed by atoms with E-state index in [0.29, 0.717) is 12.2 Å². The van der Waals surface area contributed by atoms with E-state index in [9.17, 15) is 9.59 Å². The molecule has 0 amide bonds. The number of rotatable bonds is 4. The third-order valence-corrected chi connectivity index (χ3v) is 2.54. The highest BCUT2D eigenvalue weighted by atomic mass is 16.2. The number of nitrogens with one attached hydrogen (secondary N) is 1. The second-order valence-electron chi connectivity index (χ2n) is 3.75. The molecule has 0 aliphatic rings. The summed E-state index contributed by atoms with van der Waals surface area (Å²) < 4.78 is 2.31. The summed E-state index contributed by atoms with van der Waals surface area (Å²) in [6.07, 6.45) is 1.98. The Bertz CT molecular complexity index is 487. The van der Waals surface area contributed by atoms with Gasteiger partial charge < -0.3 is 11.1 Å². The fraction of sp³-hybridized carbons (Fsp3) is 0.600. The van der Waals surface area contributed by atoms with Crippen LogP contribution in [0.4, 0.5) is 11.5 Å². The number of nitrogen functional groups attached to an aromatic ring is 1. The maximum atomic E-state index is 11.8. The van der Waals surface area contributed by atoms with E-state index in [1.807, 2.05) is 0 Å². The monoisotopic (exact) mass is 226 g/mol. The van der Waals surface area contributed by atoms with Crippen LogP contribution in [0, 0.1) is 0 Å². The Morgan fingerprint density at radius 2 is 1.88 bits per heavy atom. The van der Waals surface area contributed by atoms with Crippen LogP contribution < -0.4 is 22.3 Å². The summed E-state index contributed by atoms with van der Waals surface area (Å²) in [5.74, 6) is 0.184. The Morgan fingerprint density at radius 1 is 1.25 bits per heavy atom. The number of unbranched alkanes of at least 4 members (excludes halogenated alkanes) is 1. The summed E-state index contributed by atoms with van der Waals surface area (Å²) in [6.45, 7) is 2.73. The van der Waals surface area contributed by atoms with Gasteiger partial charge in [-0.2, -0.15) is 0 Å². The highest BCUT2D eigenvalue weighted by molar-refractivity contribution is 5.60. The zero-order chi connectivity index (χ0) is 12.3. The Kier molecular flexibility index (Phi) is 3.76. The maximum absolute atomic E-state index is 11.8. The Balaban J connectivity index is 3.19. The first kappa shape index (κ1) is 12.4. The average Bonchev–Trinajstić information content (AvgIpc) is 2.28. The van der Waals surface area contributed by atoms with Gasteiger partial charge in [0.05, 0.1) is 0 Å². The van der Waals surface area contributed by atoms with Crippen molar-refractivity contribution in [3.8, 4) is 0 Å². The molecule has 0 saturated heterocycles. The highest BCUT2D eigenvalue weighted by Gasteiger charge is 2.11. The van der Waals surface area contributed by atoms with E-state index < -0.39 is 5.69 Å². The summed E-state index contributed by atoms with van der Waals surface area (Å²) in [6, 6.07) is 0.